The SMILES string of the molecule is CC1CCCC(C)N1CC(O)c1cc(F)ccc1F. The van der Waals surface area contributed by atoms with Crippen molar-refractivity contribution in [1.82, 2.24) is 4.90 Å². The smallest absolute Gasteiger partial charge is 0.129 e. The van der Waals surface area contributed by atoms with Crippen LogP contribution in [0.25, 0.3) is 0 Å². The normalized spacial score (nSPS) is 26.4. The number of piperidine rings is 1. The van der Waals surface area contributed by atoms with Gasteiger partial charge >= 0.3 is 0 Å². The minimum atomic E-state index is -0.987. The van der Waals surface area contributed by atoms with Crippen molar-refractivity contribution in [3.8, 4) is 0 Å². The van der Waals surface area contributed by atoms with Gasteiger partial charge in [0.15, 0.2) is 0 Å². The van der Waals surface area contributed by atoms with Crippen molar-refractivity contribution in [2.24, 2.45) is 0 Å². The van der Waals surface area contributed by atoms with E-state index < -0.39 is 17.7 Å². The van der Waals surface area contributed by atoms with Crippen molar-refractivity contribution in [2.45, 2.75) is 51.3 Å². The number of β-amino-alcohol motifs (C(OH)–C–C–N with tert-alkyl or cyclic N) is 1. The molecule has 0 radical (unpaired) electrons. The summed E-state index contributed by atoms with van der Waals surface area (Å²) in [5.41, 5.74) is 0.0463. The third-order valence-electron chi connectivity index (χ3n) is 4.08. The fourth-order valence-corrected chi connectivity index (χ4v) is 2.90. The number of rotatable bonds is 3. The molecule has 1 aromatic rings. The lowest BCUT2D eigenvalue weighted by Gasteiger charge is -2.40. The van der Waals surface area contributed by atoms with Crippen molar-refractivity contribution in [1.29, 1.82) is 0 Å². The fraction of sp³-hybridized carbons (Fsp3) is 0.600. The number of benzene rings is 1. The molecule has 3 atom stereocenters. The highest BCUT2D eigenvalue weighted by Gasteiger charge is 2.27. The van der Waals surface area contributed by atoms with Crippen LogP contribution in [-0.4, -0.2) is 28.6 Å². The lowest BCUT2D eigenvalue weighted by molar-refractivity contribution is 0.0396. The van der Waals surface area contributed by atoms with Crippen LogP contribution in [0.1, 0.15) is 44.8 Å². The molecule has 0 bridgehead atoms. The molecule has 1 fully saturated rings. The van der Waals surface area contributed by atoms with Gasteiger partial charge < -0.3 is 5.11 Å². The molecule has 1 aliphatic rings. The summed E-state index contributed by atoms with van der Waals surface area (Å²) >= 11 is 0. The van der Waals surface area contributed by atoms with E-state index in [0.29, 0.717) is 18.6 Å². The summed E-state index contributed by atoms with van der Waals surface area (Å²) in [5, 5.41) is 10.2. The van der Waals surface area contributed by atoms with Crippen LogP contribution in [0.2, 0.25) is 0 Å². The molecular weight excluding hydrogens is 248 g/mol. The van der Waals surface area contributed by atoms with E-state index in [-0.39, 0.29) is 5.56 Å². The van der Waals surface area contributed by atoms with Gasteiger partial charge in [-0.2, -0.15) is 0 Å². The Hall–Kier alpha value is -1.00. The van der Waals surface area contributed by atoms with Crippen LogP contribution in [0.15, 0.2) is 18.2 Å². The Bertz CT molecular complexity index is 428. The Kier molecular flexibility index (Phi) is 4.53. The van der Waals surface area contributed by atoms with Gasteiger partial charge in [0.05, 0.1) is 6.10 Å². The van der Waals surface area contributed by atoms with Crippen LogP contribution in [0, 0.1) is 11.6 Å². The zero-order chi connectivity index (χ0) is 14.0. The molecular formula is C15H21F2NO. The standard InChI is InChI=1S/C15H21F2NO/c1-10-4-3-5-11(2)18(10)9-15(19)13-8-12(16)6-7-14(13)17/h6-8,10-11,15,19H,3-5,9H2,1-2H3. The van der Waals surface area contributed by atoms with Crippen LogP contribution in [-0.2, 0) is 0 Å². The van der Waals surface area contributed by atoms with Crippen molar-refractivity contribution < 1.29 is 13.9 Å². The number of halogens is 2. The summed E-state index contributed by atoms with van der Waals surface area (Å²) in [6.45, 7) is 4.58. The number of aliphatic hydroxyl groups is 1. The van der Waals surface area contributed by atoms with E-state index in [9.17, 15) is 13.9 Å². The summed E-state index contributed by atoms with van der Waals surface area (Å²) < 4.78 is 26.8. The molecule has 0 spiro atoms. The minimum Gasteiger partial charge on any atom is -0.387 e. The van der Waals surface area contributed by atoms with E-state index in [1.165, 1.54) is 6.42 Å². The minimum absolute atomic E-state index is 0.0463. The molecule has 0 aliphatic carbocycles. The summed E-state index contributed by atoms with van der Waals surface area (Å²) in [6.07, 6.45) is 2.37. The van der Waals surface area contributed by atoms with Crippen molar-refractivity contribution in [2.75, 3.05) is 6.54 Å². The second-order valence-corrected chi connectivity index (χ2v) is 5.51. The summed E-state index contributed by atoms with van der Waals surface area (Å²) in [4.78, 5) is 2.18. The lowest BCUT2D eigenvalue weighted by Crippen LogP contribution is -2.45. The van der Waals surface area contributed by atoms with E-state index in [4.69, 9.17) is 0 Å². The second-order valence-electron chi connectivity index (χ2n) is 5.51. The average molecular weight is 269 g/mol. The average Bonchev–Trinajstić information content (AvgIpc) is 2.37. The van der Waals surface area contributed by atoms with Crippen molar-refractivity contribution in [3.63, 3.8) is 0 Å². The predicted molar refractivity (Wildman–Crippen MR) is 70.8 cm³/mol. The van der Waals surface area contributed by atoms with Crippen LogP contribution in [0.5, 0.6) is 0 Å². The van der Waals surface area contributed by atoms with Gasteiger partial charge in [0, 0.05) is 24.2 Å². The van der Waals surface area contributed by atoms with Crippen LogP contribution in [0.3, 0.4) is 0 Å². The molecule has 0 aromatic heterocycles. The summed E-state index contributed by atoms with van der Waals surface area (Å²) in [7, 11) is 0. The van der Waals surface area contributed by atoms with Gasteiger partial charge in [-0.15, -0.1) is 0 Å². The monoisotopic (exact) mass is 269 g/mol. The number of likely N-dealkylation sites (tertiary alicyclic amines) is 1. The molecule has 2 nitrogen and oxygen atoms in total. The Morgan fingerprint density at radius 3 is 2.53 bits per heavy atom. The molecule has 1 aliphatic heterocycles. The maximum Gasteiger partial charge on any atom is 0.129 e. The first-order valence-corrected chi connectivity index (χ1v) is 6.87. The number of hydrogen-bond donors (Lipinski definition) is 1. The third-order valence-corrected chi connectivity index (χ3v) is 4.08. The molecule has 0 amide bonds. The largest absolute Gasteiger partial charge is 0.387 e. The molecule has 19 heavy (non-hydrogen) atoms. The van der Waals surface area contributed by atoms with Crippen LogP contribution >= 0.6 is 0 Å². The molecule has 1 aromatic carbocycles. The molecule has 2 rings (SSSR count). The molecule has 4 heteroatoms. The predicted octanol–water partition coefficient (Wildman–Crippen LogP) is 3.26. The number of hydrogen-bond acceptors (Lipinski definition) is 2. The third kappa shape index (κ3) is 3.31. The van der Waals surface area contributed by atoms with Gasteiger partial charge in [-0.3, -0.25) is 4.90 Å². The maximum absolute atomic E-state index is 13.6. The van der Waals surface area contributed by atoms with Crippen LogP contribution in [0.4, 0.5) is 8.78 Å². The highest BCUT2D eigenvalue weighted by molar-refractivity contribution is 5.21. The molecule has 1 heterocycles. The van der Waals surface area contributed by atoms with Gasteiger partial charge in [-0.05, 0) is 44.9 Å². The highest BCUT2D eigenvalue weighted by Crippen LogP contribution is 2.26. The van der Waals surface area contributed by atoms with Gasteiger partial charge in [0.25, 0.3) is 0 Å². The van der Waals surface area contributed by atoms with Gasteiger partial charge in [-0.1, -0.05) is 6.42 Å². The maximum atomic E-state index is 13.6. The molecule has 3 unspecified atom stereocenters. The zero-order valence-electron chi connectivity index (χ0n) is 11.4. The Balaban J connectivity index is 2.11. The summed E-state index contributed by atoms with van der Waals surface area (Å²) in [6, 6.07) is 3.96. The Morgan fingerprint density at radius 2 is 1.89 bits per heavy atom. The zero-order valence-corrected chi connectivity index (χ0v) is 11.4. The second kappa shape index (κ2) is 5.97. The van der Waals surface area contributed by atoms with Crippen LogP contribution < -0.4 is 0 Å². The van der Waals surface area contributed by atoms with E-state index in [2.05, 4.69) is 18.7 Å². The van der Waals surface area contributed by atoms with Crippen molar-refractivity contribution >= 4 is 0 Å². The van der Waals surface area contributed by atoms with Gasteiger partial charge in [-0.25, -0.2) is 8.78 Å². The Morgan fingerprint density at radius 1 is 1.26 bits per heavy atom. The van der Waals surface area contributed by atoms with Crippen molar-refractivity contribution in [3.05, 3.63) is 35.4 Å². The topological polar surface area (TPSA) is 23.5 Å². The number of aliphatic hydroxyl groups excluding tert-OH is 1. The van der Waals surface area contributed by atoms with Gasteiger partial charge in [0.2, 0.25) is 0 Å². The quantitative estimate of drug-likeness (QED) is 0.910. The first-order valence-electron chi connectivity index (χ1n) is 6.87. The molecule has 106 valence electrons. The van der Waals surface area contributed by atoms with E-state index in [1.54, 1.807) is 0 Å². The molecule has 1 saturated heterocycles. The molecule has 0 saturated carbocycles. The van der Waals surface area contributed by atoms with E-state index in [0.717, 1.165) is 31.0 Å². The first kappa shape index (κ1) is 14.4. The summed E-state index contributed by atoms with van der Waals surface area (Å²) in [5.74, 6) is -1.07. The lowest BCUT2D eigenvalue weighted by atomic mass is 9.96. The van der Waals surface area contributed by atoms with E-state index in [1.807, 2.05) is 0 Å². The first-order chi connectivity index (χ1) is 8.99. The Labute approximate surface area is 113 Å². The van der Waals surface area contributed by atoms with E-state index >= 15 is 0 Å². The van der Waals surface area contributed by atoms with Gasteiger partial charge in [0.1, 0.15) is 11.6 Å². The fourth-order valence-electron chi connectivity index (χ4n) is 2.90. The highest BCUT2D eigenvalue weighted by atomic mass is 19.1. The number of nitrogens with zero attached hydrogens (tertiary/aromatic N) is 1. The molecule has 1 N–H and O–H groups in total.